The van der Waals surface area contributed by atoms with Crippen LogP contribution in [0.4, 0.5) is 0 Å². The SMILES string of the molecule is C[C@@H]1CN2CCC[C@H]2CN1Cc1n[nH]nc1-c1ccccc1. The topological polar surface area (TPSA) is 48.0 Å². The molecule has 1 aromatic heterocycles. The van der Waals surface area contributed by atoms with Crippen molar-refractivity contribution in [3.05, 3.63) is 36.0 Å². The van der Waals surface area contributed by atoms with Crippen LogP contribution in [0.1, 0.15) is 25.5 Å². The molecular weight excluding hydrogens is 274 g/mol. The van der Waals surface area contributed by atoms with E-state index in [2.05, 4.69) is 44.3 Å². The summed E-state index contributed by atoms with van der Waals surface area (Å²) in [6.07, 6.45) is 2.69. The van der Waals surface area contributed by atoms with E-state index in [0.717, 1.165) is 36.1 Å². The minimum Gasteiger partial charge on any atom is -0.298 e. The lowest BCUT2D eigenvalue weighted by molar-refractivity contribution is 0.0533. The summed E-state index contributed by atoms with van der Waals surface area (Å²) in [7, 11) is 0. The Labute approximate surface area is 131 Å². The van der Waals surface area contributed by atoms with Crippen LogP contribution in [0.25, 0.3) is 11.3 Å². The van der Waals surface area contributed by atoms with Crippen LogP contribution in [0.15, 0.2) is 30.3 Å². The quantitative estimate of drug-likeness (QED) is 0.943. The lowest BCUT2D eigenvalue weighted by Crippen LogP contribution is -2.54. The van der Waals surface area contributed by atoms with E-state index in [1.807, 2.05) is 18.2 Å². The maximum Gasteiger partial charge on any atom is 0.117 e. The first kappa shape index (κ1) is 13.9. The van der Waals surface area contributed by atoms with Crippen molar-refractivity contribution in [3.63, 3.8) is 0 Å². The molecule has 5 nitrogen and oxygen atoms in total. The molecule has 0 spiro atoms. The number of nitrogens with one attached hydrogen (secondary N) is 1. The van der Waals surface area contributed by atoms with Gasteiger partial charge in [-0.25, -0.2) is 0 Å². The van der Waals surface area contributed by atoms with E-state index < -0.39 is 0 Å². The Morgan fingerprint density at radius 2 is 2.05 bits per heavy atom. The van der Waals surface area contributed by atoms with Crippen LogP contribution < -0.4 is 0 Å². The van der Waals surface area contributed by atoms with Crippen LogP contribution in [-0.2, 0) is 6.54 Å². The number of H-pyrrole nitrogens is 1. The third-order valence-electron chi connectivity index (χ3n) is 5.09. The number of hydrogen-bond acceptors (Lipinski definition) is 4. The third-order valence-corrected chi connectivity index (χ3v) is 5.09. The smallest absolute Gasteiger partial charge is 0.117 e. The van der Waals surface area contributed by atoms with Crippen LogP contribution >= 0.6 is 0 Å². The minimum absolute atomic E-state index is 0.578. The summed E-state index contributed by atoms with van der Waals surface area (Å²) in [4.78, 5) is 5.22. The number of rotatable bonds is 3. The van der Waals surface area contributed by atoms with Crippen LogP contribution in [0, 0.1) is 0 Å². The van der Waals surface area contributed by atoms with E-state index in [0.29, 0.717) is 6.04 Å². The highest BCUT2D eigenvalue weighted by atomic mass is 15.4. The van der Waals surface area contributed by atoms with Gasteiger partial charge in [0.2, 0.25) is 0 Å². The molecule has 0 bridgehead atoms. The number of fused-ring (bicyclic) bond motifs is 1. The first-order chi connectivity index (χ1) is 10.8. The molecule has 4 rings (SSSR count). The van der Waals surface area contributed by atoms with Gasteiger partial charge in [-0.15, -0.1) is 0 Å². The molecule has 2 saturated heterocycles. The Morgan fingerprint density at radius 3 is 2.91 bits per heavy atom. The monoisotopic (exact) mass is 297 g/mol. The maximum absolute atomic E-state index is 4.42. The molecule has 2 atom stereocenters. The van der Waals surface area contributed by atoms with Gasteiger partial charge >= 0.3 is 0 Å². The molecule has 22 heavy (non-hydrogen) atoms. The molecule has 2 aliphatic heterocycles. The molecule has 116 valence electrons. The first-order valence-corrected chi connectivity index (χ1v) is 8.24. The molecule has 2 aliphatic rings. The summed E-state index contributed by atoms with van der Waals surface area (Å²) in [5, 5.41) is 11.6. The number of aromatic nitrogens is 3. The molecule has 0 amide bonds. The molecule has 0 aliphatic carbocycles. The Bertz CT molecular complexity index is 623. The van der Waals surface area contributed by atoms with Gasteiger partial charge in [0.25, 0.3) is 0 Å². The zero-order valence-electron chi connectivity index (χ0n) is 13.1. The predicted molar refractivity (Wildman–Crippen MR) is 86.3 cm³/mol. The van der Waals surface area contributed by atoms with E-state index in [9.17, 15) is 0 Å². The van der Waals surface area contributed by atoms with Crippen LogP contribution in [-0.4, -0.2) is 56.9 Å². The van der Waals surface area contributed by atoms with E-state index in [-0.39, 0.29) is 0 Å². The average molecular weight is 297 g/mol. The predicted octanol–water partition coefficient (Wildman–Crippen LogP) is 2.14. The zero-order chi connectivity index (χ0) is 14.9. The van der Waals surface area contributed by atoms with Crippen LogP contribution in [0.3, 0.4) is 0 Å². The standard InChI is InChI=1S/C17H23N5/c1-13-10-21-9-5-8-15(21)11-22(13)12-16-17(19-20-18-16)14-6-3-2-4-7-14/h2-4,6-7,13,15H,5,8-12H2,1H3,(H,18,19,20)/t13-,15+/m1/s1. The summed E-state index contributed by atoms with van der Waals surface area (Å²) in [5.74, 6) is 0. The number of piperazine rings is 1. The number of benzene rings is 1. The number of hydrogen-bond donors (Lipinski definition) is 1. The second-order valence-corrected chi connectivity index (χ2v) is 6.55. The summed E-state index contributed by atoms with van der Waals surface area (Å²) in [6, 6.07) is 11.6. The van der Waals surface area contributed by atoms with E-state index >= 15 is 0 Å². The lowest BCUT2D eigenvalue weighted by Gasteiger charge is -2.42. The van der Waals surface area contributed by atoms with E-state index in [1.165, 1.54) is 25.9 Å². The van der Waals surface area contributed by atoms with Crippen LogP contribution in [0.2, 0.25) is 0 Å². The van der Waals surface area contributed by atoms with Gasteiger partial charge in [-0.2, -0.15) is 15.4 Å². The number of aromatic amines is 1. The number of nitrogens with zero attached hydrogens (tertiary/aromatic N) is 4. The normalized spacial score (nSPS) is 26.2. The lowest BCUT2D eigenvalue weighted by atomic mass is 10.1. The fourth-order valence-corrected chi connectivity index (χ4v) is 3.85. The van der Waals surface area contributed by atoms with Crippen molar-refractivity contribution in [2.24, 2.45) is 0 Å². The molecule has 0 radical (unpaired) electrons. The fraction of sp³-hybridized carbons (Fsp3) is 0.529. The molecular formula is C17H23N5. The van der Waals surface area contributed by atoms with Crippen molar-refractivity contribution in [2.75, 3.05) is 19.6 Å². The van der Waals surface area contributed by atoms with Crippen molar-refractivity contribution in [3.8, 4) is 11.3 Å². The molecule has 1 N–H and O–H groups in total. The molecule has 3 heterocycles. The summed E-state index contributed by atoms with van der Waals surface area (Å²) >= 11 is 0. The van der Waals surface area contributed by atoms with E-state index in [4.69, 9.17) is 0 Å². The van der Waals surface area contributed by atoms with Gasteiger partial charge in [-0.3, -0.25) is 9.80 Å². The molecule has 2 aromatic rings. The van der Waals surface area contributed by atoms with Gasteiger partial charge < -0.3 is 0 Å². The highest BCUT2D eigenvalue weighted by Crippen LogP contribution is 2.27. The van der Waals surface area contributed by atoms with Gasteiger partial charge in [-0.1, -0.05) is 30.3 Å². The highest BCUT2D eigenvalue weighted by molar-refractivity contribution is 5.60. The fourth-order valence-electron chi connectivity index (χ4n) is 3.85. The average Bonchev–Trinajstić information content (AvgIpc) is 3.17. The van der Waals surface area contributed by atoms with Gasteiger partial charge in [0, 0.05) is 37.3 Å². The van der Waals surface area contributed by atoms with Gasteiger partial charge in [0.05, 0.1) is 0 Å². The van der Waals surface area contributed by atoms with Crippen molar-refractivity contribution in [1.29, 1.82) is 0 Å². The maximum atomic E-state index is 4.42. The molecule has 1 aromatic carbocycles. The Morgan fingerprint density at radius 1 is 1.18 bits per heavy atom. The molecule has 2 fully saturated rings. The van der Waals surface area contributed by atoms with Gasteiger partial charge in [0.1, 0.15) is 11.4 Å². The van der Waals surface area contributed by atoms with Crippen molar-refractivity contribution in [1.82, 2.24) is 25.2 Å². The largest absolute Gasteiger partial charge is 0.298 e. The van der Waals surface area contributed by atoms with Gasteiger partial charge in [-0.05, 0) is 26.3 Å². The summed E-state index contributed by atoms with van der Waals surface area (Å²) < 4.78 is 0. The molecule has 5 heteroatoms. The van der Waals surface area contributed by atoms with Crippen LogP contribution in [0.5, 0.6) is 0 Å². The summed E-state index contributed by atoms with van der Waals surface area (Å²) in [6.45, 7) is 6.83. The molecule has 0 unspecified atom stereocenters. The van der Waals surface area contributed by atoms with Crippen molar-refractivity contribution in [2.45, 2.75) is 38.4 Å². The second kappa shape index (κ2) is 5.82. The Hall–Kier alpha value is -1.72. The zero-order valence-corrected chi connectivity index (χ0v) is 13.1. The van der Waals surface area contributed by atoms with E-state index in [1.54, 1.807) is 0 Å². The Kier molecular flexibility index (Phi) is 3.68. The Balaban J connectivity index is 1.53. The van der Waals surface area contributed by atoms with Crippen molar-refractivity contribution >= 4 is 0 Å². The highest BCUT2D eigenvalue weighted by Gasteiger charge is 2.34. The first-order valence-electron chi connectivity index (χ1n) is 8.24. The minimum atomic E-state index is 0.578. The third kappa shape index (κ3) is 2.55. The molecule has 0 saturated carbocycles. The van der Waals surface area contributed by atoms with Gasteiger partial charge in [0.15, 0.2) is 0 Å². The second-order valence-electron chi connectivity index (χ2n) is 6.55. The van der Waals surface area contributed by atoms with Crippen molar-refractivity contribution < 1.29 is 0 Å². The summed E-state index contributed by atoms with van der Waals surface area (Å²) in [5.41, 5.74) is 3.18.